The normalized spacial score (nSPS) is 13.1. The van der Waals surface area contributed by atoms with Crippen LogP contribution in [0.2, 0.25) is 0 Å². The summed E-state index contributed by atoms with van der Waals surface area (Å²) in [6, 6.07) is 67.0. The third-order valence-corrected chi connectivity index (χ3v) is 11.8. The summed E-state index contributed by atoms with van der Waals surface area (Å²) in [4.78, 5) is 15.7. The number of hydrogen-bond donors (Lipinski definition) is 0. The molecule has 10 aromatic rings. The Hall–Kier alpha value is -7.43. The van der Waals surface area contributed by atoms with E-state index in [-0.39, 0.29) is 0 Å². The van der Waals surface area contributed by atoms with Crippen LogP contribution in [0.15, 0.2) is 192 Å². The average Bonchev–Trinajstić information content (AvgIpc) is 3.77. The number of rotatable bonds is 3. The second-order valence-electron chi connectivity index (χ2n) is 14.6. The van der Waals surface area contributed by atoms with Crippen LogP contribution >= 0.6 is 0 Å². The van der Waals surface area contributed by atoms with Crippen LogP contribution in [0.4, 0.5) is 0 Å². The van der Waals surface area contributed by atoms with Gasteiger partial charge in [-0.1, -0.05) is 170 Å². The molecule has 12 rings (SSSR count). The molecule has 2 heterocycles. The number of benzene rings is 8. The molecular weight excluding hydrogens is 683 g/mol. The van der Waals surface area contributed by atoms with Crippen molar-refractivity contribution < 1.29 is 4.42 Å². The molecule has 0 saturated heterocycles. The van der Waals surface area contributed by atoms with Crippen molar-refractivity contribution in [2.75, 3.05) is 0 Å². The fourth-order valence-electron chi connectivity index (χ4n) is 9.45. The van der Waals surface area contributed by atoms with Gasteiger partial charge in [-0.3, -0.25) is 0 Å². The number of aromatic nitrogens is 3. The van der Waals surface area contributed by atoms with E-state index < -0.39 is 5.41 Å². The molecule has 8 aromatic carbocycles. The monoisotopic (exact) mass is 713 g/mol. The first-order chi connectivity index (χ1) is 27.8. The molecule has 4 nitrogen and oxygen atoms in total. The first kappa shape index (κ1) is 31.0. The van der Waals surface area contributed by atoms with Crippen molar-refractivity contribution in [3.05, 3.63) is 210 Å². The van der Waals surface area contributed by atoms with Crippen LogP contribution in [0.1, 0.15) is 22.3 Å². The zero-order valence-electron chi connectivity index (χ0n) is 30.1. The SMILES string of the molecule is c1ccc(-c2nc(-c3ccc4c(c3)C3(c5ccccc5-c5ccccc5-4)c4ccccc4-c4ccccc43)nc(-c3cccc4c3oc3ccccc34)n2)cc1. The fraction of sp³-hybridized carbons (Fsp3) is 0.0192. The van der Waals surface area contributed by atoms with Gasteiger partial charge in [-0.25, -0.2) is 15.0 Å². The Kier molecular flexibility index (Phi) is 6.52. The molecule has 4 heteroatoms. The van der Waals surface area contributed by atoms with Gasteiger partial charge in [0, 0.05) is 21.9 Å². The summed E-state index contributed by atoms with van der Waals surface area (Å²) in [5, 5.41) is 2.10. The third kappa shape index (κ3) is 4.27. The van der Waals surface area contributed by atoms with Gasteiger partial charge in [-0.2, -0.15) is 0 Å². The maximum atomic E-state index is 6.51. The van der Waals surface area contributed by atoms with Crippen molar-refractivity contribution in [1.82, 2.24) is 15.0 Å². The summed E-state index contributed by atoms with van der Waals surface area (Å²) in [5.74, 6) is 1.77. The molecule has 0 fully saturated rings. The molecule has 0 unspecified atom stereocenters. The van der Waals surface area contributed by atoms with Gasteiger partial charge in [0.05, 0.1) is 11.0 Å². The number of para-hydroxylation sites is 2. The van der Waals surface area contributed by atoms with Gasteiger partial charge >= 0.3 is 0 Å². The predicted molar refractivity (Wildman–Crippen MR) is 225 cm³/mol. The maximum Gasteiger partial charge on any atom is 0.167 e. The van der Waals surface area contributed by atoms with Crippen LogP contribution in [0.5, 0.6) is 0 Å². The van der Waals surface area contributed by atoms with Gasteiger partial charge < -0.3 is 4.42 Å². The largest absolute Gasteiger partial charge is 0.455 e. The molecule has 0 saturated carbocycles. The molecule has 0 radical (unpaired) electrons. The van der Waals surface area contributed by atoms with Gasteiger partial charge in [-0.15, -0.1) is 0 Å². The third-order valence-electron chi connectivity index (χ3n) is 11.8. The Morgan fingerprint density at radius 1 is 0.321 bits per heavy atom. The van der Waals surface area contributed by atoms with Crippen molar-refractivity contribution in [3.8, 4) is 67.5 Å². The standard InChI is InChI=1S/C52H31N3O/c1-2-15-32(16-3-1)49-53-50(55-51(54-49)42-24-14-23-41-40-22-9-13-28-47(40)56-48(41)42)33-29-30-39-35-18-5-4-17-34(35)36-19-6-10-25-43(36)52(46(39)31-33)44-26-11-7-20-37(44)38-21-8-12-27-45(38)52/h1-31H. The van der Waals surface area contributed by atoms with Crippen molar-refractivity contribution >= 4 is 21.9 Å². The minimum atomic E-state index is -0.605. The topological polar surface area (TPSA) is 51.8 Å². The molecular formula is C52H31N3O. The van der Waals surface area contributed by atoms with E-state index in [1.807, 2.05) is 42.5 Å². The average molecular weight is 714 g/mol. The molecule has 0 bridgehead atoms. The Labute approximate surface area is 323 Å². The maximum absolute atomic E-state index is 6.51. The van der Waals surface area contributed by atoms with Crippen LogP contribution in [-0.4, -0.2) is 15.0 Å². The summed E-state index contributed by atoms with van der Waals surface area (Å²) in [5.41, 5.74) is 16.0. The Morgan fingerprint density at radius 3 is 1.48 bits per heavy atom. The lowest BCUT2D eigenvalue weighted by atomic mass is 9.65. The summed E-state index contributed by atoms with van der Waals surface area (Å²) >= 11 is 0. The van der Waals surface area contributed by atoms with E-state index in [1.54, 1.807) is 0 Å². The molecule has 0 amide bonds. The van der Waals surface area contributed by atoms with Crippen LogP contribution in [0.3, 0.4) is 0 Å². The highest BCUT2D eigenvalue weighted by Gasteiger charge is 2.49. The summed E-state index contributed by atoms with van der Waals surface area (Å²) in [6.45, 7) is 0. The van der Waals surface area contributed by atoms with E-state index in [0.717, 1.165) is 38.6 Å². The zero-order chi connectivity index (χ0) is 36.8. The smallest absolute Gasteiger partial charge is 0.167 e. The summed E-state index contributed by atoms with van der Waals surface area (Å²) in [7, 11) is 0. The quantitative estimate of drug-likeness (QED) is 0.183. The molecule has 56 heavy (non-hydrogen) atoms. The second-order valence-corrected chi connectivity index (χ2v) is 14.6. The van der Waals surface area contributed by atoms with Crippen LogP contribution in [0.25, 0.3) is 89.5 Å². The zero-order valence-corrected chi connectivity index (χ0v) is 30.1. The van der Waals surface area contributed by atoms with Gasteiger partial charge in [0.1, 0.15) is 11.2 Å². The minimum absolute atomic E-state index is 0.565. The van der Waals surface area contributed by atoms with Crippen LogP contribution < -0.4 is 0 Å². The highest BCUT2D eigenvalue weighted by molar-refractivity contribution is 6.09. The first-order valence-corrected chi connectivity index (χ1v) is 19.0. The van der Waals surface area contributed by atoms with Crippen molar-refractivity contribution in [1.29, 1.82) is 0 Å². The van der Waals surface area contributed by atoms with E-state index in [0.29, 0.717) is 17.5 Å². The molecule has 1 spiro atoms. The van der Waals surface area contributed by atoms with Gasteiger partial charge in [0.2, 0.25) is 0 Å². The number of furan rings is 1. The van der Waals surface area contributed by atoms with Crippen molar-refractivity contribution in [2.45, 2.75) is 5.41 Å². The predicted octanol–water partition coefficient (Wildman–Crippen LogP) is 12.8. The van der Waals surface area contributed by atoms with Gasteiger partial charge in [0.25, 0.3) is 0 Å². The molecule has 0 aliphatic heterocycles. The van der Waals surface area contributed by atoms with Gasteiger partial charge in [0.15, 0.2) is 17.5 Å². The number of fused-ring (bicyclic) bond motifs is 15. The number of nitrogens with zero attached hydrogens (tertiary/aromatic N) is 3. The second kappa shape index (κ2) is 11.8. The van der Waals surface area contributed by atoms with Crippen LogP contribution in [-0.2, 0) is 5.41 Å². The van der Waals surface area contributed by atoms with E-state index >= 15 is 0 Å². The van der Waals surface area contributed by atoms with E-state index in [9.17, 15) is 0 Å². The molecule has 2 aliphatic rings. The highest BCUT2D eigenvalue weighted by atomic mass is 16.3. The van der Waals surface area contributed by atoms with Crippen molar-refractivity contribution in [3.63, 3.8) is 0 Å². The van der Waals surface area contributed by atoms with E-state index in [1.165, 1.54) is 55.6 Å². The van der Waals surface area contributed by atoms with Crippen LogP contribution in [0, 0.1) is 0 Å². The van der Waals surface area contributed by atoms with E-state index in [4.69, 9.17) is 19.4 Å². The fourth-order valence-corrected chi connectivity index (χ4v) is 9.45. The molecule has 2 aromatic heterocycles. The summed E-state index contributed by atoms with van der Waals surface area (Å²) in [6.07, 6.45) is 0. The molecule has 0 atom stereocenters. The lowest BCUT2D eigenvalue weighted by molar-refractivity contribution is 0.669. The Morgan fingerprint density at radius 2 is 0.804 bits per heavy atom. The number of hydrogen-bond acceptors (Lipinski definition) is 4. The Bertz CT molecular complexity index is 3170. The molecule has 260 valence electrons. The molecule has 0 N–H and O–H groups in total. The van der Waals surface area contributed by atoms with E-state index in [2.05, 4.69) is 146 Å². The van der Waals surface area contributed by atoms with Gasteiger partial charge in [-0.05, 0) is 73.8 Å². The lowest BCUT2D eigenvalue weighted by Gasteiger charge is -2.35. The molecule has 2 aliphatic carbocycles. The summed E-state index contributed by atoms with van der Waals surface area (Å²) < 4.78 is 6.51. The highest BCUT2D eigenvalue weighted by Crippen LogP contribution is 2.61. The Balaban J connectivity index is 1.18. The lowest BCUT2D eigenvalue weighted by Crippen LogP contribution is -2.29. The minimum Gasteiger partial charge on any atom is -0.455 e. The first-order valence-electron chi connectivity index (χ1n) is 19.0. The van der Waals surface area contributed by atoms with Crippen molar-refractivity contribution in [2.24, 2.45) is 0 Å².